The first-order valence-electron chi connectivity index (χ1n) is 8.28. The zero-order valence-corrected chi connectivity index (χ0v) is 14.5. The maximum Gasteiger partial charge on any atom is 0.194 e. The van der Waals surface area contributed by atoms with Gasteiger partial charge in [-0.3, -0.25) is 4.79 Å². The van der Waals surface area contributed by atoms with Gasteiger partial charge in [-0.05, 0) is 12.1 Å². The van der Waals surface area contributed by atoms with Crippen LogP contribution in [-0.4, -0.2) is 4.98 Å². The summed E-state index contributed by atoms with van der Waals surface area (Å²) in [5.74, 6) is 0.579. The number of rotatable bonds is 2. The molecule has 0 aliphatic rings. The maximum absolute atomic E-state index is 12.9. The number of hydrogen-bond donors (Lipinski definition) is 0. The molecule has 0 N–H and O–H groups in total. The minimum atomic E-state index is -0.0426. The fourth-order valence-corrected chi connectivity index (χ4v) is 4.19. The molecule has 2 aromatic heterocycles. The molecule has 2 heterocycles. The number of aromatic nitrogens is 1. The van der Waals surface area contributed by atoms with E-state index in [0.717, 1.165) is 26.4 Å². The van der Waals surface area contributed by atoms with Crippen LogP contribution in [0, 0.1) is 0 Å². The molecule has 5 rings (SSSR count). The molecule has 124 valence electrons. The number of benzene rings is 3. The molecule has 26 heavy (non-hydrogen) atoms. The molecule has 0 radical (unpaired) electrons. The lowest BCUT2D eigenvalue weighted by molar-refractivity contribution is 0.619. The van der Waals surface area contributed by atoms with E-state index in [1.807, 2.05) is 72.8 Å². The Morgan fingerprint density at radius 3 is 2.23 bits per heavy atom. The Morgan fingerprint density at radius 2 is 1.50 bits per heavy atom. The average Bonchev–Trinajstić information content (AvgIpc) is 3.13. The Morgan fingerprint density at radius 1 is 0.808 bits per heavy atom. The van der Waals surface area contributed by atoms with E-state index in [9.17, 15) is 4.79 Å². The topological polar surface area (TPSA) is 43.1 Å². The second-order valence-electron chi connectivity index (χ2n) is 6.01. The predicted molar refractivity (Wildman–Crippen MR) is 107 cm³/mol. The summed E-state index contributed by atoms with van der Waals surface area (Å²) in [4.78, 5) is 17.5. The summed E-state index contributed by atoms with van der Waals surface area (Å²) in [6.07, 6.45) is 0. The van der Waals surface area contributed by atoms with Crippen LogP contribution in [0.25, 0.3) is 43.1 Å². The van der Waals surface area contributed by atoms with Crippen molar-refractivity contribution < 1.29 is 4.42 Å². The van der Waals surface area contributed by atoms with Crippen LogP contribution in [0.4, 0.5) is 0 Å². The van der Waals surface area contributed by atoms with Crippen LogP contribution in [0.3, 0.4) is 0 Å². The third-order valence-corrected chi connectivity index (χ3v) is 5.46. The zero-order valence-electron chi connectivity index (χ0n) is 13.7. The fourth-order valence-electron chi connectivity index (χ4n) is 3.08. The van der Waals surface area contributed by atoms with Crippen LogP contribution >= 0.6 is 11.3 Å². The van der Waals surface area contributed by atoms with Crippen molar-refractivity contribution in [3.05, 3.63) is 89.1 Å². The Bertz CT molecular complexity index is 1290. The van der Waals surface area contributed by atoms with Gasteiger partial charge in [0, 0.05) is 17.2 Å². The molecular formula is C22H13NO2S. The summed E-state index contributed by atoms with van der Waals surface area (Å²) < 4.78 is 6.90. The van der Waals surface area contributed by atoms with Crippen molar-refractivity contribution in [2.24, 2.45) is 0 Å². The molecule has 5 aromatic rings. The first-order chi connectivity index (χ1) is 12.8. The third-order valence-electron chi connectivity index (χ3n) is 4.33. The first kappa shape index (κ1) is 15.0. The van der Waals surface area contributed by atoms with Crippen molar-refractivity contribution in [3.63, 3.8) is 0 Å². The molecular weight excluding hydrogens is 342 g/mol. The van der Waals surface area contributed by atoms with Gasteiger partial charge in [-0.15, -0.1) is 11.3 Å². The van der Waals surface area contributed by atoms with Crippen LogP contribution in [0.2, 0.25) is 0 Å². The van der Waals surface area contributed by atoms with Crippen molar-refractivity contribution in [1.29, 1.82) is 0 Å². The maximum atomic E-state index is 12.9. The predicted octanol–water partition coefficient (Wildman–Crippen LogP) is 5.74. The molecule has 4 heteroatoms. The highest BCUT2D eigenvalue weighted by Gasteiger charge is 2.14. The molecule has 0 aliphatic carbocycles. The van der Waals surface area contributed by atoms with E-state index in [0.29, 0.717) is 16.7 Å². The van der Waals surface area contributed by atoms with E-state index < -0.39 is 0 Å². The Kier molecular flexibility index (Phi) is 3.43. The normalized spacial score (nSPS) is 11.2. The molecule has 0 spiro atoms. The minimum absolute atomic E-state index is 0.0426. The van der Waals surface area contributed by atoms with Gasteiger partial charge in [0.25, 0.3) is 0 Å². The summed E-state index contributed by atoms with van der Waals surface area (Å²) in [5.41, 5.74) is 3.31. The molecule has 3 aromatic carbocycles. The summed E-state index contributed by atoms with van der Waals surface area (Å²) >= 11 is 1.52. The van der Waals surface area contributed by atoms with E-state index in [1.165, 1.54) is 11.3 Å². The highest BCUT2D eigenvalue weighted by Crippen LogP contribution is 2.34. The lowest BCUT2D eigenvalue weighted by Gasteiger charge is -2.03. The van der Waals surface area contributed by atoms with E-state index in [-0.39, 0.29) is 5.43 Å². The number of fused-ring (bicyclic) bond motifs is 3. The Labute approximate surface area is 153 Å². The van der Waals surface area contributed by atoms with Gasteiger partial charge in [0.1, 0.15) is 16.4 Å². The summed E-state index contributed by atoms with van der Waals surface area (Å²) in [6, 6.07) is 25.0. The van der Waals surface area contributed by atoms with Crippen LogP contribution in [0.5, 0.6) is 0 Å². The van der Waals surface area contributed by atoms with Crippen LogP contribution in [-0.2, 0) is 0 Å². The molecule has 3 nitrogen and oxygen atoms in total. The van der Waals surface area contributed by atoms with Gasteiger partial charge in [-0.1, -0.05) is 60.7 Å². The van der Waals surface area contributed by atoms with Crippen molar-refractivity contribution >= 4 is 32.5 Å². The number of nitrogens with zero attached hydrogens (tertiary/aromatic N) is 1. The van der Waals surface area contributed by atoms with Crippen LogP contribution in [0.1, 0.15) is 0 Å². The second-order valence-corrected chi connectivity index (χ2v) is 7.01. The fraction of sp³-hybridized carbons (Fsp3) is 0. The van der Waals surface area contributed by atoms with Gasteiger partial charge in [0.05, 0.1) is 15.6 Å². The smallest absolute Gasteiger partial charge is 0.194 e. The molecule has 0 amide bonds. The van der Waals surface area contributed by atoms with Crippen molar-refractivity contribution in [2.75, 3.05) is 0 Å². The van der Waals surface area contributed by atoms with Gasteiger partial charge in [-0.2, -0.15) is 0 Å². The van der Waals surface area contributed by atoms with Gasteiger partial charge in [0.2, 0.25) is 0 Å². The molecule has 0 fully saturated rings. The van der Waals surface area contributed by atoms with Crippen LogP contribution in [0.15, 0.2) is 88.1 Å². The standard InChI is InChI=1S/C22H13NO2S/c24-17-13-19(14-7-3-1-4-8-14)25-18-12-11-16-21(20(17)18)26-22(23-16)15-9-5-2-6-10-15/h1-13H. The molecule has 0 unspecified atom stereocenters. The highest BCUT2D eigenvalue weighted by atomic mass is 32.1. The lowest BCUT2D eigenvalue weighted by Crippen LogP contribution is -2.00. The van der Waals surface area contributed by atoms with Crippen molar-refractivity contribution in [3.8, 4) is 21.9 Å². The molecule has 0 bridgehead atoms. The van der Waals surface area contributed by atoms with Gasteiger partial charge >= 0.3 is 0 Å². The first-order valence-corrected chi connectivity index (χ1v) is 9.09. The van der Waals surface area contributed by atoms with E-state index in [2.05, 4.69) is 0 Å². The third kappa shape index (κ3) is 2.43. The summed E-state index contributed by atoms with van der Waals surface area (Å²) in [7, 11) is 0. The van der Waals surface area contributed by atoms with E-state index >= 15 is 0 Å². The number of hydrogen-bond acceptors (Lipinski definition) is 4. The number of thiazole rings is 1. The Balaban J connectivity index is 1.76. The minimum Gasteiger partial charge on any atom is -0.456 e. The molecule has 0 aliphatic heterocycles. The second kappa shape index (κ2) is 5.93. The molecule has 0 saturated heterocycles. The Hall–Kier alpha value is -3.24. The van der Waals surface area contributed by atoms with E-state index in [4.69, 9.17) is 9.40 Å². The average molecular weight is 355 g/mol. The zero-order chi connectivity index (χ0) is 17.5. The van der Waals surface area contributed by atoms with E-state index in [1.54, 1.807) is 6.07 Å². The SMILES string of the molecule is O=c1cc(-c2ccccc2)oc2ccc3nc(-c4ccccc4)sc3c12. The van der Waals surface area contributed by atoms with Crippen molar-refractivity contribution in [1.82, 2.24) is 4.98 Å². The quantitative estimate of drug-likeness (QED) is 0.406. The monoisotopic (exact) mass is 355 g/mol. The highest BCUT2D eigenvalue weighted by molar-refractivity contribution is 7.22. The van der Waals surface area contributed by atoms with Gasteiger partial charge < -0.3 is 4.42 Å². The molecule has 0 atom stereocenters. The molecule has 0 saturated carbocycles. The van der Waals surface area contributed by atoms with Crippen molar-refractivity contribution in [2.45, 2.75) is 0 Å². The summed E-state index contributed by atoms with van der Waals surface area (Å²) in [5, 5.41) is 1.50. The van der Waals surface area contributed by atoms with Gasteiger partial charge in [-0.25, -0.2) is 4.98 Å². The summed E-state index contributed by atoms with van der Waals surface area (Å²) in [6.45, 7) is 0. The van der Waals surface area contributed by atoms with Gasteiger partial charge in [0.15, 0.2) is 5.43 Å². The largest absolute Gasteiger partial charge is 0.456 e. The lowest BCUT2D eigenvalue weighted by atomic mass is 10.1. The van der Waals surface area contributed by atoms with Crippen LogP contribution < -0.4 is 5.43 Å².